The molecule has 0 radical (unpaired) electrons. The van der Waals surface area contributed by atoms with Crippen LogP contribution in [0.1, 0.15) is 17.5 Å². The number of ether oxygens (including phenoxy) is 2. The fourth-order valence-corrected chi connectivity index (χ4v) is 5.50. The summed E-state index contributed by atoms with van der Waals surface area (Å²) in [6.45, 7) is -0.0150. The summed E-state index contributed by atoms with van der Waals surface area (Å²) in [5.74, 6) is -1.13. The van der Waals surface area contributed by atoms with Gasteiger partial charge in [0.05, 0.1) is 6.61 Å². The molecular formula is C26H28FN3O6S. The van der Waals surface area contributed by atoms with Crippen LogP contribution in [-0.2, 0) is 29.9 Å². The Hall–Kier alpha value is -3.54. The van der Waals surface area contributed by atoms with Crippen molar-refractivity contribution in [3.63, 3.8) is 0 Å². The van der Waals surface area contributed by atoms with Gasteiger partial charge in [0.25, 0.3) is 5.91 Å². The molecule has 2 atom stereocenters. The van der Waals surface area contributed by atoms with E-state index >= 15 is 0 Å². The number of nitrogens with two attached hydrogens (primary N) is 1. The summed E-state index contributed by atoms with van der Waals surface area (Å²) >= 11 is 0. The number of guanidine groups is 1. The van der Waals surface area contributed by atoms with Crippen molar-refractivity contribution in [2.24, 2.45) is 10.7 Å². The van der Waals surface area contributed by atoms with Crippen LogP contribution >= 0.6 is 0 Å². The molecule has 2 N–H and O–H groups in total. The molecule has 2 unspecified atom stereocenters. The average Bonchev–Trinajstić information content (AvgIpc) is 3.13. The Labute approximate surface area is 215 Å². The molecule has 0 aromatic heterocycles. The third-order valence-corrected chi connectivity index (χ3v) is 7.70. The Balaban J connectivity index is 1.79. The number of methoxy groups -OCH3 is 2. The molecule has 0 fully saturated rings. The van der Waals surface area contributed by atoms with Crippen LogP contribution in [0.3, 0.4) is 0 Å². The summed E-state index contributed by atoms with van der Waals surface area (Å²) in [5, 5.41) is 0. The molecule has 196 valence electrons. The Morgan fingerprint density at radius 1 is 1.14 bits per heavy atom. The number of likely N-dealkylation sites (N-methyl/N-ethyl adjacent to an activating group) is 1. The van der Waals surface area contributed by atoms with E-state index in [0.717, 1.165) is 0 Å². The lowest BCUT2D eigenvalue weighted by atomic mass is 9.68. The number of carbonyl (C=O) groups excluding carboxylic acids is 1. The lowest BCUT2D eigenvalue weighted by Crippen LogP contribution is -2.57. The topological polar surface area (TPSA) is 121 Å². The van der Waals surface area contributed by atoms with Gasteiger partial charge in [-0.3, -0.25) is 9.69 Å². The molecule has 1 amide bonds. The van der Waals surface area contributed by atoms with Crippen molar-refractivity contribution in [1.29, 1.82) is 0 Å². The van der Waals surface area contributed by atoms with E-state index in [1.165, 1.54) is 44.4 Å². The van der Waals surface area contributed by atoms with Crippen LogP contribution in [0.5, 0.6) is 5.75 Å². The van der Waals surface area contributed by atoms with Crippen LogP contribution in [0.25, 0.3) is 5.57 Å². The van der Waals surface area contributed by atoms with Gasteiger partial charge >= 0.3 is 10.1 Å². The Kier molecular flexibility index (Phi) is 7.22. The molecule has 2 aliphatic rings. The van der Waals surface area contributed by atoms with Gasteiger partial charge in [-0.05, 0) is 35.4 Å². The normalized spacial score (nSPS) is 23.7. The summed E-state index contributed by atoms with van der Waals surface area (Å²) in [6.07, 6.45) is 5.29. The second kappa shape index (κ2) is 10.1. The van der Waals surface area contributed by atoms with E-state index in [1.807, 2.05) is 0 Å². The van der Waals surface area contributed by atoms with Crippen molar-refractivity contribution < 1.29 is 31.3 Å². The standard InChI is InChI=1S/C26H28FN3O6S/c1-30-23(31)26(29-24(30)28,19-10-12-20(13-11-19)36-37(32,33)16-15-34-2)25(35-3)14-6-7-18(17-25)21-8-4-5-9-22(21)27/h4-14H,15-17H2,1-3H3,(H2,28,29). The first-order valence-electron chi connectivity index (χ1n) is 11.4. The summed E-state index contributed by atoms with van der Waals surface area (Å²) in [5.41, 5.74) is 4.46. The molecule has 37 heavy (non-hydrogen) atoms. The highest BCUT2D eigenvalue weighted by Crippen LogP contribution is 2.50. The van der Waals surface area contributed by atoms with Crippen molar-refractivity contribution in [2.75, 3.05) is 33.6 Å². The third kappa shape index (κ3) is 4.65. The largest absolute Gasteiger partial charge is 0.383 e. The average molecular weight is 530 g/mol. The van der Waals surface area contributed by atoms with Gasteiger partial charge in [-0.2, -0.15) is 8.42 Å². The molecule has 11 heteroatoms. The fourth-order valence-electron chi connectivity index (χ4n) is 4.64. The molecule has 4 rings (SSSR count). The summed E-state index contributed by atoms with van der Waals surface area (Å²) in [4.78, 5) is 19.7. The highest BCUT2D eigenvalue weighted by Gasteiger charge is 2.62. The maximum Gasteiger partial charge on any atom is 0.311 e. The molecule has 1 aliphatic carbocycles. The van der Waals surface area contributed by atoms with E-state index < -0.39 is 33.0 Å². The molecule has 2 aromatic carbocycles. The zero-order valence-electron chi connectivity index (χ0n) is 20.7. The van der Waals surface area contributed by atoms with Crippen LogP contribution in [0, 0.1) is 5.82 Å². The SMILES string of the molecule is COCCS(=O)(=O)Oc1ccc(C2(C3(OC)C=CC=C(c4ccccc4F)C3)N=C(N)N(C)C2=O)cc1. The summed E-state index contributed by atoms with van der Waals surface area (Å²) < 4.78 is 55.0. The smallest absolute Gasteiger partial charge is 0.311 e. The van der Waals surface area contributed by atoms with Gasteiger partial charge in [-0.15, -0.1) is 0 Å². The second-order valence-corrected chi connectivity index (χ2v) is 10.4. The number of rotatable bonds is 9. The number of amides is 1. The molecule has 0 saturated heterocycles. The van der Waals surface area contributed by atoms with Crippen molar-refractivity contribution in [3.05, 3.63) is 83.7 Å². The van der Waals surface area contributed by atoms with Gasteiger partial charge in [-0.1, -0.05) is 42.5 Å². The van der Waals surface area contributed by atoms with E-state index in [4.69, 9.17) is 19.4 Å². The first-order valence-corrected chi connectivity index (χ1v) is 13.0. The highest BCUT2D eigenvalue weighted by molar-refractivity contribution is 7.87. The number of hydrogen-bond donors (Lipinski definition) is 1. The molecule has 9 nitrogen and oxygen atoms in total. The van der Waals surface area contributed by atoms with Crippen LogP contribution in [0.2, 0.25) is 0 Å². The first-order chi connectivity index (χ1) is 17.6. The van der Waals surface area contributed by atoms with Crippen molar-refractivity contribution >= 4 is 27.6 Å². The fraction of sp³-hybridized carbons (Fsp3) is 0.308. The predicted octanol–water partition coefficient (Wildman–Crippen LogP) is 2.59. The van der Waals surface area contributed by atoms with Gasteiger partial charge in [0.2, 0.25) is 5.54 Å². The highest BCUT2D eigenvalue weighted by atomic mass is 32.2. The van der Waals surface area contributed by atoms with E-state index in [2.05, 4.69) is 4.99 Å². The van der Waals surface area contributed by atoms with Gasteiger partial charge in [0, 0.05) is 33.3 Å². The number of aliphatic imine (C=N–C) groups is 1. The van der Waals surface area contributed by atoms with E-state index in [-0.39, 0.29) is 30.5 Å². The quantitative estimate of drug-likeness (QED) is 0.496. The van der Waals surface area contributed by atoms with Gasteiger partial charge in [0.15, 0.2) is 5.96 Å². The van der Waals surface area contributed by atoms with Crippen LogP contribution < -0.4 is 9.92 Å². The van der Waals surface area contributed by atoms with Crippen molar-refractivity contribution in [3.8, 4) is 5.75 Å². The molecule has 2 aromatic rings. The molecule has 1 heterocycles. The van der Waals surface area contributed by atoms with Crippen molar-refractivity contribution in [2.45, 2.75) is 17.6 Å². The minimum Gasteiger partial charge on any atom is -0.383 e. The van der Waals surface area contributed by atoms with E-state index in [0.29, 0.717) is 16.7 Å². The maximum atomic E-state index is 14.7. The van der Waals surface area contributed by atoms with Crippen molar-refractivity contribution in [1.82, 2.24) is 4.90 Å². The zero-order chi connectivity index (χ0) is 26.8. The molecule has 0 spiro atoms. The molecule has 0 saturated carbocycles. The number of halogens is 1. The van der Waals surface area contributed by atoms with Gasteiger partial charge in [-0.25, -0.2) is 9.38 Å². The predicted molar refractivity (Wildman–Crippen MR) is 137 cm³/mol. The maximum absolute atomic E-state index is 14.7. The minimum atomic E-state index is -3.88. The van der Waals surface area contributed by atoms with Gasteiger partial charge < -0.3 is 19.4 Å². The number of nitrogens with zero attached hydrogens (tertiary/aromatic N) is 2. The molecule has 0 bridgehead atoms. The number of allylic oxidation sites excluding steroid dienone is 2. The zero-order valence-corrected chi connectivity index (χ0v) is 21.5. The Morgan fingerprint density at radius 2 is 1.84 bits per heavy atom. The monoisotopic (exact) mass is 529 g/mol. The van der Waals surface area contributed by atoms with Crippen LogP contribution in [-0.4, -0.2) is 64.4 Å². The van der Waals surface area contributed by atoms with Gasteiger partial charge in [0.1, 0.15) is 22.9 Å². The molecule has 1 aliphatic heterocycles. The number of benzene rings is 2. The second-order valence-electron chi connectivity index (χ2n) is 8.71. The summed E-state index contributed by atoms with van der Waals surface area (Å²) in [7, 11) is 0.473. The van der Waals surface area contributed by atoms with E-state index in [1.54, 1.807) is 48.6 Å². The molecular weight excluding hydrogens is 501 g/mol. The lowest BCUT2D eigenvalue weighted by molar-refractivity contribution is -0.140. The van der Waals surface area contributed by atoms with Crippen LogP contribution in [0.15, 0.2) is 71.8 Å². The number of hydrogen-bond acceptors (Lipinski definition) is 8. The Morgan fingerprint density at radius 3 is 2.43 bits per heavy atom. The summed E-state index contributed by atoms with van der Waals surface area (Å²) in [6, 6.07) is 12.3. The third-order valence-electron chi connectivity index (χ3n) is 6.59. The first kappa shape index (κ1) is 26.5. The van der Waals surface area contributed by atoms with E-state index in [9.17, 15) is 17.6 Å². The van der Waals surface area contributed by atoms with Crippen LogP contribution in [0.4, 0.5) is 4.39 Å². The number of carbonyl (C=O) groups is 1. The Bertz CT molecular complexity index is 1390. The lowest BCUT2D eigenvalue weighted by Gasteiger charge is -2.44. The minimum absolute atomic E-state index is 0.0145.